The zero-order chi connectivity index (χ0) is 17.3. The van der Waals surface area contributed by atoms with E-state index in [1.165, 1.54) is 23.5 Å². The molecule has 0 spiro atoms. The first-order chi connectivity index (χ1) is 11.4. The molecule has 2 aromatic rings. The maximum Gasteiger partial charge on any atom is 0.341 e. The summed E-state index contributed by atoms with van der Waals surface area (Å²) in [4.78, 5) is 23.0. The Bertz CT molecular complexity index is 832. The fraction of sp³-hybridized carbons (Fsp3) is 0.368. The molecule has 1 aliphatic carbocycles. The van der Waals surface area contributed by atoms with E-state index >= 15 is 0 Å². The number of carboxylic acid groups (broad SMARTS) is 1. The molecule has 1 aliphatic rings. The summed E-state index contributed by atoms with van der Waals surface area (Å²) < 4.78 is 1.65. The number of hydrogen-bond acceptors (Lipinski definition) is 3. The predicted molar refractivity (Wildman–Crippen MR) is 90.7 cm³/mol. The third-order valence-electron chi connectivity index (χ3n) is 4.97. The van der Waals surface area contributed by atoms with Gasteiger partial charge in [0.15, 0.2) is 5.75 Å². The van der Waals surface area contributed by atoms with Gasteiger partial charge in [0, 0.05) is 24.4 Å². The van der Waals surface area contributed by atoms with Crippen LogP contribution < -0.4 is 5.43 Å². The number of aromatic carboxylic acids is 1. The quantitative estimate of drug-likeness (QED) is 0.904. The van der Waals surface area contributed by atoms with Crippen molar-refractivity contribution >= 4 is 5.97 Å². The second-order valence-electron chi connectivity index (χ2n) is 6.72. The van der Waals surface area contributed by atoms with Gasteiger partial charge < -0.3 is 14.8 Å². The lowest BCUT2D eigenvalue weighted by Gasteiger charge is -2.31. The van der Waals surface area contributed by atoms with Crippen molar-refractivity contribution < 1.29 is 15.0 Å². The van der Waals surface area contributed by atoms with Gasteiger partial charge in [-0.3, -0.25) is 4.79 Å². The van der Waals surface area contributed by atoms with E-state index in [2.05, 4.69) is 25.1 Å². The molecule has 1 aromatic heterocycles. The number of pyridine rings is 1. The minimum absolute atomic E-state index is 0.0939. The second-order valence-corrected chi connectivity index (χ2v) is 6.72. The summed E-state index contributed by atoms with van der Waals surface area (Å²) in [5.41, 5.74) is 1.09. The van der Waals surface area contributed by atoms with Gasteiger partial charge in [-0.1, -0.05) is 42.7 Å². The van der Waals surface area contributed by atoms with E-state index in [0.717, 1.165) is 25.7 Å². The summed E-state index contributed by atoms with van der Waals surface area (Å²) in [6.45, 7) is 2.60. The van der Waals surface area contributed by atoms with Crippen molar-refractivity contribution in [1.29, 1.82) is 0 Å². The Kier molecular flexibility index (Phi) is 4.18. The van der Waals surface area contributed by atoms with E-state index in [4.69, 9.17) is 5.11 Å². The Morgan fingerprint density at radius 1 is 1.25 bits per heavy atom. The molecule has 0 atom stereocenters. The largest absolute Gasteiger partial charge is 0.503 e. The highest BCUT2D eigenvalue weighted by atomic mass is 16.4. The number of aryl methyl sites for hydroxylation is 1. The van der Waals surface area contributed by atoms with E-state index in [-0.39, 0.29) is 5.41 Å². The Labute approximate surface area is 140 Å². The summed E-state index contributed by atoms with van der Waals surface area (Å²) in [6, 6.07) is 8.38. The lowest BCUT2D eigenvalue weighted by molar-refractivity contribution is 0.0693. The molecule has 24 heavy (non-hydrogen) atoms. The first-order valence-corrected chi connectivity index (χ1v) is 8.15. The first-order valence-electron chi connectivity index (χ1n) is 8.15. The molecule has 126 valence electrons. The molecule has 0 saturated heterocycles. The highest BCUT2D eigenvalue weighted by molar-refractivity contribution is 5.87. The van der Waals surface area contributed by atoms with Crippen LogP contribution in [0.3, 0.4) is 0 Å². The highest BCUT2D eigenvalue weighted by Gasteiger charge is 2.36. The van der Waals surface area contributed by atoms with Crippen LogP contribution in [0.25, 0.3) is 0 Å². The van der Waals surface area contributed by atoms with E-state index in [9.17, 15) is 14.7 Å². The van der Waals surface area contributed by atoms with E-state index in [1.807, 2.05) is 6.07 Å². The summed E-state index contributed by atoms with van der Waals surface area (Å²) in [6.07, 6.45) is 6.92. The van der Waals surface area contributed by atoms with Gasteiger partial charge in [-0.2, -0.15) is 0 Å². The van der Waals surface area contributed by atoms with Gasteiger partial charge in [0.25, 0.3) is 0 Å². The smallest absolute Gasteiger partial charge is 0.341 e. The van der Waals surface area contributed by atoms with Crippen LogP contribution in [0.2, 0.25) is 0 Å². The van der Waals surface area contributed by atoms with Crippen LogP contribution in [0.5, 0.6) is 5.75 Å². The molecule has 0 amide bonds. The van der Waals surface area contributed by atoms with Crippen LogP contribution in [0, 0.1) is 6.92 Å². The van der Waals surface area contributed by atoms with Crippen molar-refractivity contribution in [3.63, 3.8) is 0 Å². The molecule has 1 aromatic carbocycles. The maximum atomic E-state index is 11.7. The number of carbonyl (C=O) groups is 1. The lowest BCUT2D eigenvalue weighted by atomic mass is 9.78. The van der Waals surface area contributed by atoms with Crippen molar-refractivity contribution in [3.05, 3.63) is 63.6 Å². The van der Waals surface area contributed by atoms with Gasteiger partial charge in [-0.25, -0.2) is 4.79 Å². The molecule has 5 nitrogen and oxygen atoms in total. The van der Waals surface area contributed by atoms with Gasteiger partial charge in [-0.15, -0.1) is 0 Å². The monoisotopic (exact) mass is 327 g/mol. The van der Waals surface area contributed by atoms with Crippen LogP contribution in [0.15, 0.2) is 41.5 Å². The number of hydrogen-bond donors (Lipinski definition) is 2. The normalized spacial score (nSPS) is 16.2. The minimum atomic E-state index is -1.32. The fourth-order valence-electron chi connectivity index (χ4n) is 3.77. The standard InChI is InChI=1S/C19H21NO4/c1-13-5-4-6-14(9-13)19(7-2-3-8-19)12-20-10-15(18(23)24)17(22)16(21)11-20/h4-6,9-11,21H,2-3,7-8,12H2,1H3,(H,23,24). The zero-order valence-electron chi connectivity index (χ0n) is 13.7. The Morgan fingerprint density at radius 3 is 2.58 bits per heavy atom. The summed E-state index contributed by atoms with van der Waals surface area (Å²) in [5.74, 6) is -1.84. The molecule has 1 heterocycles. The van der Waals surface area contributed by atoms with Crippen molar-refractivity contribution in [2.75, 3.05) is 0 Å². The topological polar surface area (TPSA) is 79.5 Å². The van der Waals surface area contributed by atoms with Gasteiger partial charge >= 0.3 is 5.97 Å². The van der Waals surface area contributed by atoms with Crippen molar-refractivity contribution in [3.8, 4) is 5.75 Å². The third-order valence-corrected chi connectivity index (χ3v) is 4.97. The number of aromatic hydroxyl groups is 1. The number of nitrogens with zero attached hydrogens (tertiary/aromatic N) is 1. The first kappa shape index (κ1) is 16.3. The van der Waals surface area contributed by atoms with Crippen LogP contribution in [0.1, 0.15) is 47.2 Å². The number of carboxylic acids is 1. The van der Waals surface area contributed by atoms with Crippen LogP contribution in [-0.4, -0.2) is 20.7 Å². The summed E-state index contributed by atoms with van der Waals surface area (Å²) >= 11 is 0. The average Bonchev–Trinajstić information content (AvgIpc) is 3.00. The summed E-state index contributed by atoms with van der Waals surface area (Å²) in [7, 11) is 0. The molecule has 2 N–H and O–H groups in total. The zero-order valence-corrected chi connectivity index (χ0v) is 13.7. The fourth-order valence-corrected chi connectivity index (χ4v) is 3.77. The van der Waals surface area contributed by atoms with E-state index in [0.29, 0.717) is 6.54 Å². The van der Waals surface area contributed by atoms with E-state index in [1.54, 1.807) is 4.57 Å². The molecular weight excluding hydrogens is 306 g/mol. The summed E-state index contributed by atoms with van der Waals surface area (Å²) in [5, 5.41) is 19.0. The Morgan fingerprint density at radius 2 is 1.96 bits per heavy atom. The molecule has 0 bridgehead atoms. The molecular formula is C19H21NO4. The van der Waals surface area contributed by atoms with Crippen LogP contribution in [-0.2, 0) is 12.0 Å². The molecule has 1 saturated carbocycles. The Balaban J connectivity index is 2.04. The average molecular weight is 327 g/mol. The van der Waals surface area contributed by atoms with Gasteiger partial charge in [-0.05, 0) is 25.3 Å². The molecule has 3 rings (SSSR count). The van der Waals surface area contributed by atoms with Crippen molar-refractivity contribution in [2.24, 2.45) is 0 Å². The molecule has 0 aliphatic heterocycles. The van der Waals surface area contributed by atoms with Gasteiger partial charge in [0.2, 0.25) is 5.43 Å². The van der Waals surface area contributed by atoms with Crippen LogP contribution >= 0.6 is 0 Å². The molecule has 0 radical (unpaired) electrons. The Hall–Kier alpha value is -2.56. The van der Waals surface area contributed by atoms with Crippen molar-refractivity contribution in [1.82, 2.24) is 4.57 Å². The lowest BCUT2D eigenvalue weighted by Crippen LogP contribution is -2.30. The third kappa shape index (κ3) is 2.94. The number of benzene rings is 1. The predicted octanol–water partition coefficient (Wildman–Crippen LogP) is 3.07. The number of aromatic nitrogens is 1. The molecule has 5 heteroatoms. The number of rotatable bonds is 4. The minimum Gasteiger partial charge on any atom is -0.503 e. The SMILES string of the molecule is Cc1cccc(C2(Cn3cc(O)c(=O)c(C(=O)O)c3)CCCC2)c1. The second kappa shape index (κ2) is 6.15. The van der Waals surface area contributed by atoms with E-state index < -0.39 is 22.7 Å². The van der Waals surface area contributed by atoms with Crippen molar-refractivity contribution in [2.45, 2.75) is 44.6 Å². The maximum absolute atomic E-state index is 11.7. The molecule has 1 fully saturated rings. The highest BCUT2D eigenvalue weighted by Crippen LogP contribution is 2.42. The van der Waals surface area contributed by atoms with Gasteiger partial charge in [0.05, 0.1) is 0 Å². The van der Waals surface area contributed by atoms with Crippen LogP contribution in [0.4, 0.5) is 0 Å². The molecule has 0 unspecified atom stereocenters. The van der Waals surface area contributed by atoms with Gasteiger partial charge in [0.1, 0.15) is 5.56 Å².